The van der Waals surface area contributed by atoms with Crippen molar-refractivity contribution in [1.82, 2.24) is 0 Å². The maximum Gasteiger partial charge on any atom is 0.171 e. The first kappa shape index (κ1) is 18.6. The molecule has 1 nitrogen and oxygen atoms in total. The van der Waals surface area contributed by atoms with E-state index < -0.39 is 7.14 Å². The maximum atomic E-state index is 14.6. The molecule has 0 unspecified atom stereocenters. The highest BCUT2D eigenvalue weighted by Crippen LogP contribution is 2.42. The zero-order valence-electron chi connectivity index (χ0n) is 16.5. The lowest BCUT2D eigenvalue weighted by Gasteiger charge is -2.20. The van der Waals surface area contributed by atoms with E-state index in [4.69, 9.17) is 0 Å². The van der Waals surface area contributed by atoms with Crippen LogP contribution in [0.1, 0.15) is 0 Å². The summed E-state index contributed by atoms with van der Waals surface area (Å²) in [4.78, 5) is 0. The van der Waals surface area contributed by atoms with E-state index in [0.717, 1.165) is 26.7 Å². The highest BCUT2D eigenvalue weighted by atomic mass is 31.2. The van der Waals surface area contributed by atoms with Gasteiger partial charge in [-0.1, -0.05) is 115 Å². The fraction of sp³-hybridized carbons (Fsp3) is 0. The molecule has 5 aromatic rings. The van der Waals surface area contributed by atoms with E-state index in [-0.39, 0.29) is 0 Å². The Labute approximate surface area is 177 Å². The zero-order valence-corrected chi connectivity index (χ0v) is 17.4. The van der Waals surface area contributed by atoms with Gasteiger partial charge in [-0.05, 0) is 34.0 Å². The molecule has 0 spiro atoms. The molecular formula is C28H21OP. The summed E-state index contributed by atoms with van der Waals surface area (Å²) in [6, 6.07) is 42.7. The van der Waals surface area contributed by atoms with Gasteiger partial charge in [-0.15, -0.1) is 0 Å². The fourth-order valence-electron chi connectivity index (χ4n) is 3.96. The molecule has 5 aromatic carbocycles. The average Bonchev–Trinajstić information content (AvgIpc) is 2.84. The smallest absolute Gasteiger partial charge is 0.171 e. The normalized spacial score (nSPS) is 11.5. The molecule has 0 aliphatic heterocycles. The first-order valence-electron chi connectivity index (χ1n) is 10.1. The maximum absolute atomic E-state index is 14.6. The van der Waals surface area contributed by atoms with Crippen LogP contribution in [0.5, 0.6) is 0 Å². The first-order chi connectivity index (χ1) is 14.7. The molecule has 0 aliphatic rings. The van der Waals surface area contributed by atoms with E-state index in [9.17, 15) is 4.57 Å². The van der Waals surface area contributed by atoms with Crippen molar-refractivity contribution in [3.63, 3.8) is 0 Å². The molecule has 0 aromatic heterocycles. The number of fused-ring (bicyclic) bond motifs is 1. The van der Waals surface area contributed by atoms with Crippen LogP contribution < -0.4 is 15.9 Å². The molecule has 30 heavy (non-hydrogen) atoms. The third-order valence-electron chi connectivity index (χ3n) is 5.53. The van der Waals surface area contributed by atoms with E-state index in [0.29, 0.717) is 0 Å². The zero-order chi connectivity index (χ0) is 20.4. The molecule has 0 saturated carbocycles. The van der Waals surface area contributed by atoms with Crippen LogP contribution in [-0.2, 0) is 4.57 Å². The Kier molecular flexibility index (Phi) is 4.83. The summed E-state index contributed by atoms with van der Waals surface area (Å²) in [6.07, 6.45) is 0. The minimum Gasteiger partial charge on any atom is -0.309 e. The van der Waals surface area contributed by atoms with Crippen molar-refractivity contribution >= 4 is 33.8 Å². The van der Waals surface area contributed by atoms with Gasteiger partial charge in [0.2, 0.25) is 0 Å². The van der Waals surface area contributed by atoms with Crippen molar-refractivity contribution in [2.24, 2.45) is 0 Å². The highest BCUT2D eigenvalue weighted by Gasteiger charge is 2.29. The van der Waals surface area contributed by atoms with Crippen LogP contribution >= 0.6 is 7.14 Å². The molecule has 144 valence electrons. The highest BCUT2D eigenvalue weighted by molar-refractivity contribution is 7.85. The molecule has 0 bridgehead atoms. The molecule has 0 atom stereocenters. The summed E-state index contributed by atoms with van der Waals surface area (Å²) < 4.78 is 14.6. The Balaban J connectivity index is 1.67. The summed E-state index contributed by atoms with van der Waals surface area (Å²) in [5.41, 5.74) is 2.38. The molecule has 2 heteroatoms. The van der Waals surface area contributed by atoms with E-state index in [1.807, 2.05) is 72.8 Å². The molecule has 0 amide bonds. The van der Waals surface area contributed by atoms with E-state index in [1.165, 1.54) is 11.1 Å². The van der Waals surface area contributed by atoms with E-state index in [2.05, 4.69) is 54.6 Å². The van der Waals surface area contributed by atoms with Crippen molar-refractivity contribution in [2.75, 3.05) is 0 Å². The van der Waals surface area contributed by atoms with Gasteiger partial charge in [-0.2, -0.15) is 0 Å². The second-order valence-electron chi connectivity index (χ2n) is 7.39. The van der Waals surface area contributed by atoms with Gasteiger partial charge < -0.3 is 4.57 Å². The summed E-state index contributed by atoms with van der Waals surface area (Å²) >= 11 is 0. The molecule has 0 heterocycles. The molecule has 5 rings (SSSR count). The molecule has 0 radical (unpaired) electrons. The number of hydrogen-bond donors (Lipinski definition) is 0. The second-order valence-corrected chi connectivity index (χ2v) is 10.2. The lowest BCUT2D eigenvalue weighted by Crippen LogP contribution is -2.24. The van der Waals surface area contributed by atoms with E-state index >= 15 is 0 Å². The number of rotatable bonds is 4. The quantitative estimate of drug-likeness (QED) is 0.329. The van der Waals surface area contributed by atoms with Crippen LogP contribution in [0, 0.1) is 0 Å². The minimum absolute atomic E-state index is 0.858. The molecule has 0 fully saturated rings. The Morgan fingerprint density at radius 2 is 0.900 bits per heavy atom. The lowest BCUT2D eigenvalue weighted by atomic mass is 10.0. The SMILES string of the molecule is O=P(c1ccccc1)(c1ccccc1)c1ccc2cc(-c3ccccc3)ccc2c1. The number of benzene rings is 5. The topological polar surface area (TPSA) is 17.1 Å². The summed E-state index contributed by atoms with van der Waals surface area (Å²) in [6.45, 7) is 0. The van der Waals surface area contributed by atoms with Crippen molar-refractivity contribution in [1.29, 1.82) is 0 Å². The first-order valence-corrected chi connectivity index (χ1v) is 11.8. The Morgan fingerprint density at radius 1 is 0.400 bits per heavy atom. The average molecular weight is 404 g/mol. The molecular weight excluding hydrogens is 383 g/mol. The van der Waals surface area contributed by atoms with Crippen LogP contribution in [-0.4, -0.2) is 0 Å². The van der Waals surface area contributed by atoms with Crippen LogP contribution in [0.3, 0.4) is 0 Å². The fourth-order valence-corrected chi connectivity index (χ4v) is 6.65. The predicted molar refractivity (Wildman–Crippen MR) is 129 cm³/mol. The van der Waals surface area contributed by atoms with Crippen molar-refractivity contribution in [3.8, 4) is 11.1 Å². The predicted octanol–water partition coefficient (Wildman–Crippen LogP) is 6.15. The Hall–Kier alpha value is -3.41. The second kappa shape index (κ2) is 7.78. The van der Waals surface area contributed by atoms with Crippen LogP contribution in [0.2, 0.25) is 0 Å². The molecule has 0 saturated heterocycles. The van der Waals surface area contributed by atoms with E-state index in [1.54, 1.807) is 0 Å². The lowest BCUT2D eigenvalue weighted by molar-refractivity contribution is 0.592. The van der Waals surface area contributed by atoms with Gasteiger partial charge in [-0.25, -0.2) is 0 Å². The van der Waals surface area contributed by atoms with Crippen LogP contribution in [0.25, 0.3) is 21.9 Å². The van der Waals surface area contributed by atoms with Gasteiger partial charge in [0.1, 0.15) is 0 Å². The van der Waals surface area contributed by atoms with Crippen molar-refractivity contribution in [3.05, 3.63) is 127 Å². The minimum atomic E-state index is -2.95. The number of hydrogen-bond acceptors (Lipinski definition) is 1. The van der Waals surface area contributed by atoms with Gasteiger partial charge in [0.15, 0.2) is 7.14 Å². The van der Waals surface area contributed by atoms with Gasteiger partial charge >= 0.3 is 0 Å². The van der Waals surface area contributed by atoms with Crippen molar-refractivity contribution in [2.45, 2.75) is 0 Å². The summed E-state index contributed by atoms with van der Waals surface area (Å²) in [7, 11) is -2.95. The monoisotopic (exact) mass is 404 g/mol. The third-order valence-corrected chi connectivity index (χ3v) is 8.59. The third kappa shape index (κ3) is 3.28. The van der Waals surface area contributed by atoms with Gasteiger partial charge in [0, 0.05) is 15.9 Å². The van der Waals surface area contributed by atoms with Crippen molar-refractivity contribution < 1.29 is 4.57 Å². The molecule has 0 aliphatic carbocycles. The van der Waals surface area contributed by atoms with Gasteiger partial charge in [0.05, 0.1) is 0 Å². The van der Waals surface area contributed by atoms with Gasteiger partial charge in [0.25, 0.3) is 0 Å². The summed E-state index contributed by atoms with van der Waals surface area (Å²) in [5, 5.41) is 4.82. The Morgan fingerprint density at radius 3 is 1.50 bits per heavy atom. The van der Waals surface area contributed by atoms with Gasteiger partial charge in [-0.3, -0.25) is 0 Å². The largest absolute Gasteiger partial charge is 0.309 e. The standard InChI is InChI=1S/C28H21OP/c29-30(26-12-6-2-7-13-26,27-14-8-3-9-15-27)28-19-18-24-20-23(16-17-25(24)21-28)22-10-4-1-5-11-22/h1-21H. The van der Waals surface area contributed by atoms with Crippen LogP contribution in [0.4, 0.5) is 0 Å². The summed E-state index contributed by atoms with van der Waals surface area (Å²) in [5.74, 6) is 0. The molecule has 0 N–H and O–H groups in total. The van der Waals surface area contributed by atoms with Crippen LogP contribution in [0.15, 0.2) is 127 Å². The Bertz CT molecular complexity index is 1300.